The second kappa shape index (κ2) is 5.92. The molecule has 2 aromatic carbocycles. The SMILES string of the molecule is COC(=O)c1cccc2c1ccn2-c1cccc(OC(F)(F)F)c1. The lowest BCUT2D eigenvalue weighted by atomic mass is 10.1. The Balaban J connectivity index is 2.08. The number of hydrogen-bond acceptors (Lipinski definition) is 3. The van der Waals surface area contributed by atoms with E-state index in [2.05, 4.69) is 4.74 Å². The Bertz CT molecular complexity index is 899. The number of aromatic nitrogens is 1. The van der Waals surface area contributed by atoms with Gasteiger partial charge in [0.1, 0.15) is 5.75 Å². The van der Waals surface area contributed by atoms with Gasteiger partial charge in [0.15, 0.2) is 0 Å². The first-order valence-corrected chi connectivity index (χ1v) is 6.93. The molecule has 1 heterocycles. The predicted octanol–water partition coefficient (Wildman–Crippen LogP) is 4.32. The second-order valence-corrected chi connectivity index (χ2v) is 4.96. The summed E-state index contributed by atoms with van der Waals surface area (Å²) in [5, 5.41) is 0.645. The third-order valence-corrected chi connectivity index (χ3v) is 3.47. The fourth-order valence-corrected chi connectivity index (χ4v) is 2.51. The van der Waals surface area contributed by atoms with Crippen LogP contribution in [0.4, 0.5) is 13.2 Å². The van der Waals surface area contributed by atoms with Crippen LogP contribution in [0.2, 0.25) is 0 Å². The topological polar surface area (TPSA) is 40.5 Å². The van der Waals surface area contributed by atoms with Crippen LogP contribution in [0.5, 0.6) is 5.75 Å². The van der Waals surface area contributed by atoms with Crippen molar-refractivity contribution in [2.24, 2.45) is 0 Å². The van der Waals surface area contributed by atoms with Crippen molar-refractivity contribution in [3.63, 3.8) is 0 Å². The Morgan fingerprint density at radius 3 is 2.54 bits per heavy atom. The van der Waals surface area contributed by atoms with Crippen molar-refractivity contribution in [3.05, 3.63) is 60.3 Å². The molecule has 4 nitrogen and oxygen atoms in total. The number of fused-ring (bicyclic) bond motifs is 1. The average molecular weight is 335 g/mol. The number of halogens is 3. The molecular weight excluding hydrogens is 323 g/mol. The van der Waals surface area contributed by atoms with E-state index in [0.717, 1.165) is 0 Å². The zero-order valence-corrected chi connectivity index (χ0v) is 12.5. The molecule has 0 bridgehead atoms. The summed E-state index contributed by atoms with van der Waals surface area (Å²) in [6, 6.07) is 12.4. The smallest absolute Gasteiger partial charge is 0.465 e. The first kappa shape index (κ1) is 15.9. The van der Waals surface area contributed by atoms with E-state index in [-0.39, 0.29) is 5.75 Å². The van der Waals surface area contributed by atoms with Crippen LogP contribution in [0.25, 0.3) is 16.6 Å². The number of methoxy groups -OCH3 is 1. The first-order chi connectivity index (χ1) is 11.4. The van der Waals surface area contributed by atoms with Crippen LogP contribution in [-0.4, -0.2) is 24.0 Å². The molecule has 124 valence electrons. The number of alkyl halides is 3. The van der Waals surface area contributed by atoms with E-state index in [4.69, 9.17) is 4.74 Å². The molecule has 3 aromatic rings. The lowest BCUT2D eigenvalue weighted by Gasteiger charge is -2.11. The summed E-state index contributed by atoms with van der Waals surface area (Å²) in [7, 11) is 1.29. The highest BCUT2D eigenvalue weighted by Crippen LogP contribution is 2.28. The Kier molecular flexibility index (Phi) is 3.92. The van der Waals surface area contributed by atoms with Crippen molar-refractivity contribution in [1.82, 2.24) is 4.57 Å². The molecular formula is C17H12F3NO3. The maximum absolute atomic E-state index is 12.4. The van der Waals surface area contributed by atoms with Gasteiger partial charge in [0.2, 0.25) is 0 Å². The Morgan fingerprint density at radius 1 is 1.08 bits per heavy atom. The molecule has 3 rings (SSSR count). The van der Waals surface area contributed by atoms with E-state index in [1.807, 2.05) is 0 Å². The molecule has 0 saturated heterocycles. The maximum Gasteiger partial charge on any atom is 0.573 e. The third kappa shape index (κ3) is 3.05. The predicted molar refractivity (Wildman–Crippen MR) is 81.3 cm³/mol. The number of hydrogen-bond donors (Lipinski definition) is 0. The normalized spacial score (nSPS) is 11.5. The molecule has 7 heteroatoms. The molecule has 0 aliphatic heterocycles. The third-order valence-electron chi connectivity index (χ3n) is 3.47. The molecule has 0 N–H and O–H groups in total. The van der Waals surface area contributed by atoms with Gasteiger partial charge in [-0.2, -0.15) is 0 Å². The summed E-state index contributed by atoms with van der Waals surface area (Å²) in [6.07, 6.45) is -3.08. The quantitative estimate of drug-likeness (QED) is 0.670. The van der Waals surface area contributed by atoms with Gasteiger partial charge in [-0.05, 0) is 30.3 Å². The number of ether oxygens (including phenoxy) is 2. The zero-order valence-electron chi connectivity index (χ0n) is 12.5. The minimum Gasteiger partial charge on any atom is -0.465 e. The summed E-state index contributed by atoms with van der Waals surface area (Å²) in [5.74, 6) is -0.793. The first-order valence-electron chi connectivity index (χ1n) is 6.93. The van der Waals surface area contributed by atoms with Crippen molar-refractivity contribution < 1.29 is 27.4 Å². The molecule has 24 heavy (non-hydrogen) atoms. The number of nitrogens with zero attached hydrogens (tertiary/aromatic N) is 1. The van der Waals surface area contributed by atoms with Gasteiger partial charge in [-0.15, -0.1) is 13.2 Å². The molecule has 0 aliphatic rings. The Hall–Kier alpha value is -2.96. The molecule has 0 unspecified atom stereocenters. The van der Waals surface area contributed by atoms with Crippen LogP contribution >= 0.6 is 0 Å². The Labute approximate surface area is 135 Å². The van der Waals surface area contributed by atoms with Gasteiger partial charge in [0, 0.05) is 23.3 Å². The number of carbonyl (C=O) groups excluding carboxylic acids is 1. The molecule has 0 spiro atoms. The number of esters is 1. The standard InChI is InChI=1S/C17H12F3NO3/c1-23-16(22)14-6-3-7-15-13(14)8-9-21(15)11-4-2-5-12(10-11)24-17(18,19)20/h2-10H,1H3. The molecule has 0 amide bonds. The highest BCUT2D eigenvalue weighted by molar-refractivity contribution is 6.04. The van der Waals surface area contributed by atoms with Gasteiger partial charge >= 0.3 is 12.3 Å². The molecule has 0 saturated carbocycles. The summed E-state index contributed by atoms with van der Waals surface area (Å²) in [5.41, 5.74) is 1.53. The largest absolute Gasteiger partial charge is 0.573 e. The maximum atomic E-state index is 12.4. The molecule has 0 atom stereocenters. The summed E-state index contributed by atoms with van der Waals surface area (Å²) in [4.78, 5) is 11.8. The molecule has 0 fully saturated rings. The van der Waals surface area contributed by atoms with Crippen LogP contribution < -0.4 is 4.74 Å². The van der Waals surface area contributed by atoms with Crippen LogP contribution in [0, 0.1) is 0 Å². The van der Waals surface area contributed by atoms with E-state index >= 15 is 0 Å². The van der Waals surface area contributed by atoms with Gasteiger partial charge < -0.3 is 14.0 Å². The van der Waals surface area contributed by atoms with Crippen molar-refractivity contribution in [1.29, 1.82) is 0 Å². The van der Waals surface area contributed by atoms with Gasteiger partial charge in [-0.3, -0.25) is 0 Å². The van der Waals surface area contributed by atoms with Crippen LogP contribution in [0.15, 0.2) is 54.7 Å². The highest BCUT2D eigenvalue weighted by Gasteiger charge is 2.31. The minimum atomic E-state index is -4.75. The molecule has 1 aromatic heterocycles. The van der Waals surface area contributed by atoms with Gasteiger partial charge in [-0.1, -0.05) is 12.1 Å². The van der Waals surface area contributed by atoms with E-state index in [9.17, 15) is 18.0 Å². The Morgan fingerprint density at radius 2 is 1.83 bits per heavy atom. The van der Waals surface area contributed by atoms with Crippen LogP contribution in [0.1, 0.15) is 10.4 Å². The van der Waals surface area contributed by atoms with E-state index in [1.54, 1.807) is 41.1 Å². The van der Waals surface area contributed by atoms with Crippen molar-refractivity contribution >= 4 is 16.9 Å². The zero-order chi connectivity index (χ0) is 17.3. The monoisotopic (exact) mass is 335 g/mol. The minimum absolute atomic E-state index is 0.314. The molecule has 0 aliphatic carbocycles. The summed E-state index contributed by atoms with van der Waals surface area (Å²) < 4.78 is 47.5. The van der Waals surface area contributed by atoms with E-state index in [1.165, 1.54) is 25.3 Å². The van der Waals surface area contributed by atoms with Gasteiger partial charge in [0.05, 0.1) is 18.2 Å². The molecule has 0 radical (unpaired) electrons. The fraction of sp³-hybridized carbons (Fsp3) is 0.118. The van der Waals surface area contributed by atoms with E-state index < -0.39 is 12.3 Å². The van der Waals surface area contributed by atoms with Gasteiger partial charge in [0.25, 0.3) is 0 Å². The summed E-state index contributed by atoms with van der Waals surface area (Å²) >= 11 is 0. The van der Waals surface area contributed by atoms with Crippen molar-refractivity contribution in [2.45, 2.75) is 6.36 Å². The highest BCUT2D eigenvalue weighted by atomic mass is 19.4. The number of rotatable bonds is 3. The van der Waals surface area contributed by atoms with Crippen LogP contribution in [0.3, 0.4) is 0 Å². The average Bonchev–Trinajstić information content (AvgIpc) is 2.96. The number of benzene rings is 2. The van der Waals surface area contributed by atoms with Crippen molar-refractivity contribution in [2.75, 3.05) is 7.11 Å². The van der Waals surface area contributed by atoms with Crippen molar-refractivity contribution in [3.8, 4) is 11.4 Å². The van der Waals surface area contributed by atoms with E-state index in [0.29, 0.717) is 22.2 Å². The lowest BCUT2D eigenvalue weighted by molar-refractivity contribution is -0.274. The number of carbonyl (C=O) groups is 1. The van der Waals surface area contributed by atoms with Crippen LogP contribution in [-0.2, 0) is 4.74 Å². The summed E-state index contributed by atoms with van der Waals surface area (Å²) in [6.45, 7) is 0. The van der Waals surface area contributed by atoms with Gasteiger partial charge in [-0.25, -0.2) is 4.79 Å². The lowest BCUT2D eigenvalue weighted by Crippen LogP contribution is -2.17. The fourth-order valence-electron chi connectivity index (χ4n) is 2.51. The second-order valence-electron chi connectivity index (χ2n) is 4.96.